The predicted octanol–water partition coefficient (Wildman–Crippen LogP) is 1.62. The maximum Gasteiger partial charge on any atom is 0.126 e. The van der Waals surface area contributed by atoms with Crippen molar-refractivity contribution in [2.45, 2.75) is 18.9 Å². The summed E-state index contributed by atoms with van der Waals surface area (Å²) in [6.07, 6.45) is 2.43. The molecule has 2 nitrogen and oxygen atoms in total. The van der Waals surface area contributed by atoms with Gasteiger partial charge in [-0.2, -0.15) is 11.3 Å². The molecule has 0 spiro atoms. The van der Waals surface area contributed by atoms with Crippen LogP contribution < -0.4 is 5.73 Å². The van der Waals surface area contributed by atoms with Crippen molar-refractivity contribution >= 4 is 17.2 Å². The number of hydrogen-bond acceptors (Lipinski definition) is 2. The minimum atomic E-state index is 0.523. The molecule has 0 aliphatic heterocycles. The van der Waals surface area contributed by atoms with Gasteiger partial charge in [-0.25, -0.2) is 0 Å². The Morgan fingerprint density at radius 2 is 2.45 bits per heavy atom. The molecule has 1 aromatic rings. The van der Waals surface area contributed by atoms with E-state index in [-0.39, 0.29) is 0 Å². The molecule has 58 valence electrons. The normalized spacial score (nSPS) is 18.7. The molecule has 1 heterocycles. The summed E-state index contributed by atoms with van der Waals surface area (Å²) in [4.78, 5) is 4.33. The Morgan fingerprint density at radius 3 is 3.00 bits per heavy atom. The van der Waals surface area contributed by atoms with Gasteiger partial charge < -0.3 is 5.73 Å². The van der Waals surface area contributed by atoms with Gasteiger partial charge in [0.05, 0.1) is 6.04 Å². The first-order chi connectivity index (χ1) is 5.36. The van der Waals surface area contributed by atoms with E-state index in [0.717, 1.165) is 5.56 Å². The number of nitrogens with zero attached hydrogens (tertiary/aromatic N) is 1. The topological polar surface area (TPSA) is 38.4 Å². The molecule has 0 saturated heterocycles. The maximum absolute atomic E-state index is 5.74. The van der Waals surface area contributed by atoms with Crippen molar-refractivity contribution in [1.82, 2.24) is 0 Å². The monoisotopic (exact) mass is 166 g/mol. The van der Waals surface area contributed by atoms with E-state index in [2.05, 4.69) is 4.99 Å². The van der Waals surface area contributed by atoms with E-state index in [1.165, 1.54) is 12.8 Å². The van der Waals surface area contributed by atoms with Crippen LogP contribution in [0.1, 0.15) is 18.4 Å². The zero-order valence-electron chi connectivity index (χ0n) is 6.16. The predicted molar refractivity (Wildman–Crippen MR) is 48.1 cm³/mol. The summed E-state index contributed by atoms with van der Waals surface area (Å²) in [6, 6.07) is 2.53. The molecule has 2 N–H and O–H groups in total. The highest BCUT2D eigenvalue weighted by Crippen LogP contribution is 2.24. The molecule has 1 aliphatic carbocycles. The lowest BCUT2D eigenvalue weighted by atomic mass is 10.3. The van der Waals surface area contributed by atoms with Crippen molar-refractivity contribution in [3.8, 4) is 0 Å². The third kappa shape index (κ3) is 1.60. The first kappa shape index (κ1) is 6.85. The molecule has 1 saturated carbocycles. The zero-order chi connectivity index (χ0) is 7.68. The van der Waals surface area contributed by atoms with E-state index in [9.17, 15) is 0 Å². The van der Waals surface area contributed by atoms with E-state index >= 15 is 0 Å². The molecule has 0 radical (unpaired) electrons. The van der Waals surface area contributed by atoms with Gasteiger partial charge in [-0.05, 0) is 24.3 Å². The molecule has 11 heavy (non-hydrogen) atoms. The molecule has 2 rings (SSSR count). The van der Waals surface area contributed by atoms with E-state index in [4.69, 9.17) is 5.73 Å². The fourth-order valence-corrected chi connectivity index (χ4v) is 1.53. The second kappa shape index (κ2) is 2.66. The largest absolute Gasteiger partial charge is 0.383 e. The summed E-state index contributed by atoms with van der Waals surface area (Å²) in [6.45, 7) is 0. The third-order valence-corrected chi connectivity index (χ3v) is 2.37. The highest BCUT2D eigenvalue weighted by Gasteiger charge is 2.20. The lowest BCUT2D eigenvalue weighted by Crippen LogP contribution is -2.12. The Bertz CT molecular complexity index is 260. The Hall–Kier alpha value is -0.830. The van der Waals surface area contributed by atoms with Crippen molar-refractivity contribution in [3.63, 3.8) is 0 Å². The highest BCUT2D eigenvalue weighted by atomic mass is 32.1. The van der Waals surface area contributed by atoms with Crippen molar-refractivity contribution in [2.24, 2.45) is 10.7 Å². The van der Waals surface area contributed by atoms with Crippen LogP contribution in [0, 0.1) is 0 Å². The van der Waals surface area contributed by atoms with Gasteiger partial charge >= 0.3 is 0 Å². The molecule has 0 unspecified atom stereocenters. The smallest absolute Gasteiger partial charge is 0.126 e. The van der Waals surface area contributed by atoms with Crippen LogP contribution in [0.15, 0.2) is 21.8 Å². The van der Waals surface area contributed by atoms with Gasteiger partial charge in [0.25, 0.3) is 0 Å². The molecule has 3 heteroatoms. The average molecular weight is 166 g/mol. The van der Waals surface area contributed by atoms with Gasteiger partial charge in [0.1, 0.15) is 5.84 Å². The molecule has 0 atom stereocenters. The average Bonchev–Trinajstić information content (AvgIpc) is 2.67. The van der Waals surface area contributed by atoms with E-state index < -0.39 is 0 Å². The summed E-state index contributed by atoms with van der Waals surface area (Å²) in [5.74, 6) is 0.703. The number of aliphatic imine (C=N–C) groups is 1. The van der Waals surface area contributed by atoms with Crippen molar-refractivity contribution < 1.29 is 0 Å². The minimum Gasteiger partial charge on any atom is -0.383 e. The zero-order valence-corrected chi connectivity index (χ0v) is 6.97. The standard InChI is InChI=1S/C8H10N2S/c9-8(10-7-1-2-7)6-3-4-11-5-6/h3-5,7H,1-2H2,(H2,9,10). The Labute approximate surface area is 69.8 Å². The Kier molecular flexibility index (Phi) is 1.66. The third-order valence-electron chi connectivity index (χ3n) is 1.69. The van der Waals surface area contributed by atoms with Crippen LogP contribution >= 0.6 is 11.3 Å². The van der Waals surface area contributed by atoms with Crippen LogP contribution in [0.25, 0.3) is 0 Å². The number of nitrogens with two attached hydrogens (primary N) is 1. The van der Waals surface area contributed by atoms with Gasteiger partial charge in [0, 0.05) is 10.9 Å². The first-order valence-electron chi connectivity index (χ1n) is 3.72. The fourth-order valence-electron chi connectivity index (χ4n) is 0.885. The van der Waals surface area contributed by atoms with Crippen molar-refractivity contribution in [3.05, 3.63) is 22.4 Å². The van der Waals surface area contributed by atoms with Gasteiger partial charge in [0.2, 0.25) is 0 Å². The van der Waals surface area contributed by atoms with E-state index in [1.54, 1.807) is 11.3 Å². The van der Waals surface area contributed by atoms with Crippen LogP contribution in [0.4, 0.5) is 0 Å². The second-order valence-corrected chi connectivity index (χ2v) is 3.54. The highest BCUT2D eigenvalue weighted by molar-refractivity contribution is 7.08. The van der Waals surface area contributed by atoms with Crippen LogP contribution in [-0.2, 0) is 0 Å². The number of hydrogen-bond donors (Lipinski definition) is 1. The molecule has 1 fully saturated rings. The van der Waals surface area contributed by atoms with Crippen LogP contribution in [0.3, 0.4) is 0 Å². The maximum atomic E-state index is 5.74. The van der Waals surface area contributed by atoms with Gasteiger partial charge in [0.15, 0.2) is 0 Å². The summed E-state index contributed by atoms with van der Waals surface area (Å²) in [5.41, 5.74) is 6.81. The SMILES string of the molecule is NC(=NC1CC1)c1ccsc1. The molecule has 1 aromatic heterocycles. The Balaban J connectivity index is 2.15. The quantitative estimate of drug-likeness (QED) is 0.526. The van der Waals surface area contributed by atoms with Crippen LogP contribution in [0.5, 0.6) is 0 Å². The van der Waals surface area contributed by atoms with Crippen LogP contribution in [-0.4, -0.2) is 11.9 Å². The molecule has 0 bridgehead atoms. The van der Waals surface area contributed by atoms with Crippen LogP contribution in [0.2, 0.25) is 0 Å². The molecular weight excluding hydrogens is 156 g/mol. The van der Waals surface area contributed by atoms with E-state index in [0.29, 0.717) is 11.9 Å². The molecule has 0 amide bonds. The first-order valence-corrected chi connectivity index (χ1v) is 4.66. The summed E-state index contributed by atoms with van der Waals surface area (Å²) >= 11 is 1.65. The lowest BCUT2D eigenvalue weighted by molar-refractivity contribution is 1.06. The summed E-state index contributed by atoms with van der Waals surface area (Å²) < 4.78 is 0. The number of amidine groups is 1. The van der Waals surface area contributed by atoms with E-state index in [1.807, 2.05) is 16.8 Å². The van der Waals surface area contributed by atoms with Gasteiger partial charge in [-0.3, -0.25) is 4.99 Å². The minimum absolute atomic E-state index is 0.523. The Morgan fingerprint density at radius 1 is 1.64 bits per heavy atom. The second-order valence-electron chi connectivity index (χ2n) is 2.76. The summed E-state index contributed by atoms with van der Waals surface area (Å²) in [5, 5.41) is 4.05. The van der Waals surface area contributed by atoms with Crippen molar-refractivity contribution in [2.75, 3.05) is 0 Å². The molecule has 0 aromatic carbocycles. The number of rotatable bonds is 2. The summed E-state index contributed by atoms with van der Waals surface area (Å²) in [7, 11) is 0. The molecular formula is C8H10N2S. The lowest BCUT2D eigenvalue weighted by Gasteiger charge is -1.93. The van der Waals surface area contributed by atoms with Gasteiger partial charge in [-0.15, -0.1) is 0 Å². The van der Waals surface area contributed by atoms with Crippen molar-refractivity contribution in [1.29, 1.82) is 0 Å². The fraction of sp³-hybridized carbons (Fsp3) is 0.375. The van der Waals surface area contributed by atoms with Gasteiger partial charge in [-0.1, -0.05) is 0 Å². The molecule has 1 aliphatic rings. The number of thiophene rings is 1.